The molecule has 1 atom stereocenters. The summed E-state index contributed by atoms with van der Waals surface area (Å²) in [5.74, 6) is 0.500. The third kappa shape index (κ3) is 4.84. The molecule has 1 N–H and O–H groups in total. The lowest BCUT2D eigenvalue weighted by Gasteiger charge is -2.36. The Balaban J connectivity index is 1.45. The lowest BCUT2D eigenvalue weighted by Crippen LogP contribution is -2.49. The highest BCUT2D eigenvalue weighted by molar-refractivity contribution is 5.96. The van der Waals surface area contributed by atoms with Crippen LogP contribution < -0.4 is 9.64 Å². The first-order valence-corrected chi connectivity index (χ1v) is 9.06. The maximum absolute atomic E-state index is 11.6. The number of nitrogens with zero attached hydrogens (tertiary/aromatic N) is 2. The number of hydrogen-bond acceptors (Lipinski definition) is 5. The summed E-state index contributed by atoms with van der Waals surface area (Å²) in [6.07, 6.45) is -0.585. The van der Waals surface area contributed by atoms with Gasteiger partial charge in [-0.05, 0) is 31.2 Å². The van der Waals surface area contributed by atoms with Crippen molar-refractivity contribution >= 4 is 11.5 Å². The van der Waals surface area contributed by atoms with Gasteiger partial charge >= 0.3 is 0 Å². The number of rotatable bonds is 7. The number of para-hydroxylation sites is 2. The molecule has 1 saturated heterocycles. The van der Waals surface area contributed by atoms with Gasteiger partial charge in [-0.25, -0.2) is 0 Å². The summed E-state index contributed by atoms with van der Waals surface area (Å²) in [6.45, 7) is 6.00. The molecule has 0 spiro atoms. The SMILES string of the molecule is CC(=O)c1ccccc1OCC(O)CN1CCN(c2ccccc2)CC1. The van der Waals surface area contributed by atoms with Crippen LogP contribution in [0.2, 0.25) is 0 Å². The van der Waals surface area contributed by atoms with Gasteiger partial charge in [-0.1, -0.05) is 30.3 Å². The summed E-state index contributed by atoms with van der Waals surface area (Å²) in [5, 5.41) is 10.3. The van der Waals surface area contributed by atoms with E-state index in [0.717, 1.165) is 26.2 Å². The Bertz CT molecular complexity index is 712. The average molecular weight is 354 g/mol. The first-order valence-electron chi connectivity index (χ1n) is 9.06. The number of aliphatic hydroxyl groups excluding tert-OH is 1. The van der Waals surface area contributed by atoms with Gasteiger partial charge in [0.1, 0.15) is 18.5 Å². The number of ketones is 1. The lowest BCUT2D eigenvalue weighted by atomic mass is 10.1. The van der Waals surface area contributed by atoms with Crippen molar-refractivity contribution in [2.75, 3.05) is 44.2 Å². The molecule has 5 nitrogen and oxygen atoms in total. The summed E-state index contributed by atoms with van der Waals surface area (Å²) < 4.78 is 5.68. The molecule has 0 saturated carbocycles. The van der Waals surface area contributed by atoms with Crippen molar-refractivity contribution in [3.05, 3.63) is 60.2 Å². The number of carbonyl (C=O) groups excluding carboxylic acids is 1. The topological polar surface area (TPSA) is 53.0 Å². The minimum absolute atomic E-state index is 0.0351. The first-order chi connectivity index (χ1) is 12.6. The Morgan fingerprint density at radius 1 is 1.04 bits per heavy atom. The fourth-order valence-corrected chi connectivity index (χ4v) is 3.25. The van der Waals surface area contributed by atoms with Crippen LogP contribution in [0, 0.1) is 0 Å². The molecule has 1 fully saturated rings. The monoisotopic (exact) mass is 354 g/mol. The second-order valence-corrected chi connectivity index (χ2v) is 6.64. The highest BCUT2D eigenvalue weighted by Gasteiger charge is 2.20. The fraction of sp³-hybridized carbons (Fsp3) is 0.381. The fourth-order valence-electron chi connectivity index (χ4n) is 3.25. The van der Waals surface area contributed by atoms with Gasteiger partial charge in [0, 0.05) is 38.4 Å². The van der Waals surface area contributed by atoms with Crippen LogP contribution in [0.4, 0.5) is 5.69 Å². The molecule has 1 unspecified atom stereocenters. The van der Waals surface area contributed by atoms with E-state index in [-0.39, 0.29) is 12.4 Å². The van der Waals surface area contributed by atoms with Crippen LogP contribution >= 0.6 is 0 Å². The minimum atomic E-state index is -0.585. The van der Waals surface area contributed by atoms with E-state index in [1.165, 1.54) is 12.6 Å². The number of aliphatic hydroxyl groups is 1. The molecule has 26 heavy (non-hydrogen) atoms. The zero-order chi connectivity index (χ0) is 18.4. The summed E-state index contributed by atoms with van der Waals surface area (Å²) >= 11 is 0. The van der Waals surface area contributed by atoms with E-state index < -0.39 is 6.10 Å². The van der Waals surface area contributed by atoms with Crippen molar-refractivity contribution in [2.24, 2.45) is 0 Å². The number of anilines is 1. The number of benzene rings is 2. The van der Waals surface area contributed by atoms with Gasteiger partial charge in [0.25, 0.3) is 0 Å². The Morgan fingerprint density at radius 2 is 1.69 bits per heavy atom. The van der Waals surface area contributed by atoms with E-state index in [2.05, 4.69) is 34.1 Å². The molecule has 1 heterocycles. The van der Waals surface area contributed by atoms with Crippen LogP contribution in [0.3, 0.4) is 0 Å². The van der Waals surface area contributed by atoms with Crippen LogP contribution in [0.1, 0.15) is 17.3 Å². The van der Waals surface area contributed by atoms with Gasteiger partial charge in [-0.15, -0.1) is 0 Å². The molecular formula is C21H26N2O3. The number of β-amino-alcohol motifs (C(OH)–C–C–N with tert-alkyl or cyclic N) is 1. The smallest absolute Gasteiger partial charge is 0.163 e. The standard InChI is InChI=1S/C21H26N2O3/c1-17(24)20-9-5-6-10-21(20)26-16-19(25)15-22-11-13-23(14-12-22)18-7-3-2-4-8-18/h2-10,19,25H,11-16H2,1H3. The Morgan fingerprint density at radius 3 is 2.38 bits per heavy atom. The van der Waals surface area contributed by atoms with E-state index in [9.17, 15) is 9.90 Å². The maximum Gasteiger partial charge on any atom is 0.163 e. The van der Waals surface area contributed by atoms with E-state index in [1.54, 1.807) is 12.1 Å². The quantitative estimate of drug-likeness (QED) is 0.774. The number of ether oxygens (including phenoxy) is 1. The Kier molecular flexibility index (Phi) is 6.26. The molecule has 0 radical (unpaired) electrons. The number of piperazine rings is 1. The zero-order valence-electron chi connectivity index (χ0n) is 15.2. The average Bonchev–Trinajstić information content (AvgIpc) is 2.68. The predicted octanol–water partition coefficient (Wildman–Crippen LogP) is 2.45. The third-order valence-corrected chi connectivity index (χ3v) is 4.66. The molecule has 138 valence electrons. The van der Waals surface area contributed by atoms with E-state index in [0.29, 0.717) is 17.9 Å². The van der Waals surface area contributed by atoms with E-state index >= 15 is 0 Å². The molecule has 2 aromatic carbocycles. The summed E-state index contributed by atoms with van der Waals surface area (Å²) in [7, 11) is 0. The molecule has 3 rings (SSSR count). The van der Waals surface area contributed by atoms with Crippen LogP contribution in [0.15, 0.2) is 54.6 Å². The maximum atomic E-state index is 11.6. The lowest BCUT2D eigenvalue weighted by molar-refractivity contribution is 0.0656. The van der Waals surface area contributed by atoms with Gasteiger partial charge in [0.05, 0.1) is 5.56 Å². The van der Waals surface area contributed by atoms with Crippen molar-refractivity contribution in [1.29, 1.82) is 0 Å². The Hall–Kier alpha value is -2.37. The largest absolute Gasteiger partial charge is 0.490 e. The highest BCUT2D eigenvalue weighted by atomic mass is 16.5. The van der Waals surface area contributed by atoms with Crippen LogP contribution in [-0.2, 0) is 0 Å². The van der Waals surface area contributed by atoms with Gasteiger partial charge < -0.3 is 14.7 Å². The van der Waals surface area contributed by atoms with Crippen LogP contribution in [-0.4, -0.2) is 61.2 Å². The zero-order valence-corrected chi connectivity index (χ0v) is 15.2. The summed E-state index contributed by atoms with van der Waals surface area (Å²) in [6, 6.07) is 17.6. The predicted molar refractivity (Wildman–Crippen MR) is 103 cm³/mol. The number of carbonyl (C=O) groups is 1. The highest BCUT2D eigenvalue weighted by Crippen LogP contribution is 2.19. The number of Topliss-reactive ketones (excluding diaryl/α,β-unsaturated/α-hetero) is 1. The van der Waals surface area contributed by atoms with Gasteiger partial charge in [-0.2, -0.15) is 0 Å². The van der Waals surface area contributed by atoms with E-state index in [4.69, 9.17) is 4.74 Å². The normalized spacial score (nSPS) is 16.3. The molecule has 1 aliphatic heterocycles. The Labute approximate surface area is 154 Å². The van der Waals surface area contributed by atoms with Crippen molar-refractivity contribution < 1.29 is 14.6 Å². The molecule has 5 heteroatoms. The second-order valence-electron chi connectivity index (χ2n) is 6.64. The van der Waals surface area contributed by atoms with Gasteiger partial charge in [0.15, 0.2) is 5.78 Å². The number of hydrogen-bond donors (Lipinski definition) is 1. The second kappa shape index (κ2) is 8.83. The van der Waals surface area contributed by atoms with Crippen LogP contribution in [0.5, 0.6) is 5.75 Å². The van der Waals surface area contributed by atoms with Crippen molar-refractivity contribution in [2.45, 2.75) is 13.0 Å². The first kappa shape index (κ1) is 18.4. The van der Waals surface area contributed by atoms with E-state index in [1.807, 2.05) is 18.2 Å². The molecule has 0 aromatic heterocycles. The van der Waals surface area contributed by atoms with Crippen molar-refractivity contribution in [1.82, 2.24) is 4.90 Å². The van der Waals surface area contributed by atoms with Gasteiger partial charge in [0.2, 0.25) is 0 Å². The molecule has 0 amide bonds. The van der Waals surface area contributed by atoms with Crippen LogP contribution in [0.25, 0.3) is 0 Å². The molecular weight excluding hydrogens is 328 g/mol. The summed E-state index contributed by atoms with van der Waals surface area (Å²) in [5.41, 5.74) is 1.80. The molecule has 0 aliphatic carbocycles. The summed E-state index contributed by atoms with van der Waals surface area (Å²) in [4.78, 5) is 16.2. The van der Waals surface area contributed by atoms with Gasteiger partial charge in [-0.3, -0.25) is 9.69 Å². The molecule has 0 bridgehead atoms. The molecule has 1 aliphatic rings. The minimum Gasteiger partial charge on any atom is -0.490 e. The van der Waals surface area contributed by atoms with Crippen molar-refractivity contribution in [3.63, 3.8) is 0 Å². The van der Waals surface area contributed by atoms with Crippen molar-refractivity contribution in [3.8, 4) is 5.75 Å². The third-order valence-electron chi connectivity index (χ3n) is 4.66. The molecule has 2 aromatic rings.